The fourth-order valence-corrected chi connectivity index (χ4v) is 8.89. The summed E-state index contributed by atoms with van der Waals surface area (Å²) < 4.78 is 6.97. The van der Waals surface area contributed by atoms with Gasteiger partial charge in [-0.1, -0.05) is 121 Å². The minimum atomic E-state index is 0.532. The molecule has 0 atom stereocenters. The second-order valence-corrected chi connectivity index (χ2v) is 13.9. The molecule has 0 saturated carbocycles. The van der Waals surface area contributed by atoms with Crippen molar-refractivity contribution in [3.05, 3.63) is 193 Å². The van der Waals surface area contributed by atoms with Gasteiger partial charge in [0, 0.05) is 49.1 Å². The number of para-hydroxylation sites is 6. The number of fused-ring (bicyclic) bond motifs is 9. The Bertz CT molecular complexity index is 3420. The van der Waals surface area contributed by atoms with E-state index >= 15 is 0 Å². The van der Waals surface area contributed by atoms with E-state index in [0.717, 1.165) is 66.4 Å². The molecule has 11 rings (SSSR count). The lowest BCUT2D eigenvalue weighted by molar-refractivity contribution is 1.16. The Morgan fingerprint density at radius 3 is 1.60 bits per heavy atom. The van der Waals surface area contributed by atoms with Crippen LogP contribution >= 0.6 is 0 Å². The molecule has 3 heterocycles. The average molecular weight is 700 g/mol. The normalized spacial score (nSPS) is 11.6. The molecule has 0 fully saturated rings. The van der Waals surface area contributed by atoms with E-state index in [9.17, 15) is 5.26 Å². The highest BCUT2D eigenvalue weighted by Gasteiger charge is 2.23. The van der Waals surface area contributed by atoms with Crippen LogP contribution in [0.25, 0.3) is 98.5 Å². The molecule has 11 aromatic rings. The van der Waals surface area contributed by atoms with E-state index in [1.165, 1.54) is 27.2 Å². The third kappa shape index (κ3) is 4.33. The van der Waals surface area contributed by atoms with Crippen molar-refractivity contribution in [2.24, 2.45) is 0 Å². The molecule has 0 saturated heterocycles. The highest BCUT2D eigenvalue weighted by molar-refractivity contribution is 6.17. The van der Waals surface area contributed by atoms with Crippen LogP contribution in [0.4, 0.5) is 5.69 Å². The second kappa shape index (κ2) is 11.8. The minimum Gasteiger partial charge on any atom is -0.309 e. The van der Waals surface area contributed by atoms with Crippen molar-refractivity contribution >= 4 is 71.1 Å². The first-order chi connectivity index (χ1) is 27.2. The van der Waals surface area contributed by atoms with E-state index < -0.39 is 0 Å². The molecule has 0 radical (unpaired) electrons. The standard InChI is InChI=1S/C50H29N5/c1-52-33-28-29-38(48(30-33)55-44-24-10-5-18-37(44)39-20-12-14-32(31-51)50(39)55)36-17-4-9-23-43(36)54-45-25-11-6-19-40(45)49-46(26-13-27-47(49)54)53-41-21-7-2-15-34(41)35-16-3-8-22-42(35)53/h2-30H. The Morgan fingerprint density at radius 2 is 0.909 bits per heavy atom. The van der Waals surface area contributed by atoms with Crippen molar-refractivity contribution in [3.63, 3.8) is 0 Å². The summed E-state index contributed by atoms with van der Waals surface area (Å²) in [5.74, 6) is 0. The number of rotatable bonds is 4. The van der Waals surface area contributed by atoms with Crippen LogP contribution in [-0.4, -0.2) is 13.7 Å². The molecule has 55 heavy (non-hydrogen) atoms. The third-order valence-electron chi connectivity index (χ3n) is 11.1. The van der Waals surface area contributed by atoms with Gasteiger partial charge in [0.25, 0.3) is 0 Å². The molecular weight excluding hydrogens is 671 g/mol. The predicted octanol–water partition coefficient (Wildman–Crippen LogP) is 13.1. The molecule has 0 aliphatic carbocycles. The number of benzene rings is 8. The summed E-state index contributed by atoms with van der Waals surface area (Å²) in [4.78, 5) is 3.87. The van der Waals surface area contributed by atoms with Gasteiger partial charge in [-0.25, -0.2) is 4.85 Å². The van der Waals surface area contributed by atoms with E-state index in [0.29, 0.717) is 11.3 Å². The quantitative estimate of drug-likeness (QED) is 0.169. The SMILES string of the molecule is [C-]#[N+]c1ccc(-c2ccccc2-n2c3ccccc3c3c(-n4c5ccccc5c5ccccc54)cccc32)c(-n2c3ccccc3c3cccc(C#N)c32)c1. The van der Waals surface area contributed by atoms with Gasteiger partial charge in [0.2, 0.25) is 0 Å². The minimum absolute atomic E-state index is 0.532. The van der Waals surface area contributed by atoms with Crippen LogP contribution < -0.4 is 0 Å². The average Bonchev–Trinajstić information content (AvgIpc) is 3.89. The van der Waals surface area contributed by atoms with Crippen LogP contribution in [0.15, 0.2) is 176 Å². The van der Waals surface area contributed by atoms with E-state index in [1.807, 2.05) is 36.4 Å². The summed E-state index contributed by atoms with van der Waals surface area (Å²) in [5, 5.41) is 17.2. The van der Waals surface area contributed by atoms with Gasteiger partial charge in [-0.3, -0.25) is 0 Å². The van der Waals surface area contributed by atoms with E-state index in [-0.39, 0.29) is 0 Å². The molecule has 5 heteroatoms. The molecule has 0 bridgehead atoms. The predicted molar refractivity (Wildman–Crippen MR) is 226 cm³/mol. The van der Waals surface area contributed by atoms with Gasteiger partial charge in [0.15, 0.2) is 5.69 Å². The first kappa shape index (κ1) is 30.7. The lowest BCUT2D eigenvalue weighted by atomic mass is 10.00. The topological polar surface area (TPSA) is 42.9 Å². The number of hydrogen-bond donors (Lipinski definition) is 0. The number of nitriles is 1. The van der Waals surface area contributed by atoms with Crippen LogP contribution in [0, 0.1) is 17.9 Å². The molecule has 8 aromatic carbocycles. The zero-order valence-electron chi connectivity index (χ0n) is 29.5. The van der Waals surface area contributed by atoms with Crippen LogP contribution in [0.5, 0.6) is 0 Å². The van der Waals surface area contributed by atoms with Crippen molar-refractivity contribution in [3.8, 4) is 34.3 Å². The zero-order chi connectivity index (χ0) is 36.6. The van der Waals surface area contributed by atoms with E-state index in [2.05, 4.69) is 164 Å². The Morgan fingerprint density at radius 1 is 0.418 bits per heavy atom. The first-order valence-electron chi connectivity index (χ1n) is 18.3. The summed E-state index contributed by atoms with van der Waals surface area (Å²) in [6, 6.07) is 63.7. The molecule has 0 aliphatic rings. The Kier molecular flexibility index (Phi) is 6.61. The maximum atomic E-state index is 10.4. The van der Waals surface area contributed by atoms with Crippen LogP contribution in [-0.2, 0) is 0 Å². The highest BCUT2D eigenvalue weighted by Crippen LogP contribution is 2.44. The van der Waals surface area contributed by atoms with Gasteiger partial charge in [-0.05, 0) is 54.6 Å². The van der Waals surface area contributed by atoms with Crippen molar-refractivity contribution in [2.45, 2.75) is 0 Å². The fraction of sp³-hybridized carbons (Fsp3) is 0. The third-order valence-corrected chi connectivity index (χ3v) is 11.1. The first-order valence-corrected chi connectivity index (χ1v) is 18.3. The molecule has 0 N–H and O–H groups in total. The summed E-state index contributed by atoms with van der Waals surface area (Å²) in [6.07, 6.45) is 0. The van der Waals surface area contributed by atoms with Crippen LogP contribution in [0.3, 0.4) is 0 Å². The summed E-state index contributed by atoms with van der Waals surface area (Å²) >= 11 is 0. The van der Waals surface area contributed by atoms with Gasteiger partial charge in [-0.2, -0.15) is 5.26 Å². The van der Waals surface area contributed by atoms with Crippen molar-refractivity contribution in [1.82, 2.24) is 13.7 Å². The van der Waals surface area contributed by atoms with Gasteiger partial charge < -0.3 is 13.7 Å². The van der Waals surface area contributed by atoms with Gasteiger partial charge in [0.05, 0.1) is 56.6 Å². The van der Waals surface area contributed by atoms with E-state index in [4.69, 9.17) is 6.57 Å². The molecule has 3 aromatic heterocycles. The lowest BCUT2D eigenvalue weighted by Gasteiger charge is -2.19. The number of aromatic nitrogens is 3. The lowest BCUT2D eigenvalue weighted by Crippen LogP contribution is -2.02. The summed E-state index contributed by atoms with van der Waals surface area (Å²) in [7, 11) is 0. The van der Waals surface area contributed by atoms with Crippen molar-refractivity contribution < 1.29 is 0 Å². The van der Waals surface area contributed by atoms with E-state index in [1.54, 1.807) is 0 Å². The van der Waals surface area contributed by atoms with Gasteiger partial charge >= 0.3 is 0 Å². The Labute approximate surface area is 316 Å². The molecule has 0 spiro atoms. The van der Waals surface area contributed by atoms with Gasteiger partial charge in [-0.15, -0.1) is 0 Å². The molecule has 254 valence electrons. The second-order valence-electron chi connectivity index (χ2n) is 13.9. The molecule has 0 aliphatic heterocycles. The Hall–Kier alpha value is -7.86. The van der Waals surface area contributed by atoms with Crippen LogP contribution in [0.2, 0.25) is 0 Å². The molecule has 0 amide bonds. The summed E-state index contributed by atoms with van der Waals surface area (Å²) in [5.41, 5.74) is 12.4. The Balaban J connectivity index is 1.24. The smallest absolute Gasteiger partial charge is 0.189 e. The van der Waals surface area contributed by atoms with Gasteiger partial charge in [0.1, 0.15) is 6.07 Å². The fourth-order valence-electron chi connectivity index (χ4n) is 8.89. The largest absolute Gasteiger partial charge is 0.309 e. The van der Waals surface area contributed by atoms with Crippen LogP contribution in [0.1, 0.15) is 5.56 Å². The number of nitrogens with zero attached hydrogens (tertiary/aromatic N) is 5. The highest BCUT2D eigenvalue weighted by atomic mass is 15.0. The maximum absolute atomic E-state index is 10.4. The molecule has 5 nitrogen and oxygen atoms in total. The maximum Gasteiger partial charge on any atom is 0.189 e. The summed E-state index contributed by atoms with van der Waals surface area (Å²) in [6.45, 7) is 8.02. The molecular formula is C50H29N5. The van der Waals surface area contributed by atoms with Crippen molar-refractivity contribution in [2.75, 3.05) is 0 Å². The molecule has 0 unspecified atom stereocenters. The monoisotopic (exact) mass is 699 g/mol. The van der Waals surface area contributed by atoms with Crippen molar-refractivity contribution in [1.29, 1.82) is 5.26 Å². The number of hydrogen-bond acceptors (Lipinski definition) is 1. The zero-order valence-corrected chi connectivity index (χ0v) is 29.5.